The Morgan fingerprint density at radius 3 is 2.31 bits per heavy atom. The van der Waals surface area contributed by atoms with Crippen LogP contribution < -0.4 is 9.95 Å². The predicted molar refractivity (Wildman–Crippen MR) is 99.4 cm³/mol. The molecule has 1 heterocycles. The highest BCUT2D eigenvalue weighted by molar-refractivity contribution is 7.48. The Bertz CT molecular complexity index is 986. The van der Waals surface area contributed by atoms with E-state index >= 15 is 0 Å². The second-order valence-corrected chi connectivity index (χ2v) is 6.97. The SMILES string of the molecule is CCOP(=O)(OCC)Oc1ccc2oc(-c3ccccc3)cc(=O)c2c1. The van der Waals surface area contributed by atoms with Crippen LogP contribution in [0, 0.1) is 0 Å². The molecule has 0 N–H and O–H groups in total. The van der Waals surface area contributed by atoms with E-state index in [-0.39, 0.29) is 24.4 Å². The molecule has 0 amide bonds. The largest absolute Gasteiger partial charge is 0.530 e. The Morgan fingerprint density at radius 1 is 0.962 bits per heavy atom. The predicted octanol–water partition coefficient (Wildman–Crippen LogP) is 5.02. The second kappa shape index (κ2) is 7.87. The first-order valence-corrected chi connectivity index (χ1v) is 9.73. The van der Waals surface area contributed by atoms with Crippen LogP contribution in [0.15, 0.2) is 63.8 Å². The summed E-state index contributed by atoms with van der Waals surface area (Å²) in [5, 5.41) is 0.321. The molecular weight excluding hydrogens is 355 g/mol. The molecule has 0 atom stereocenters. The molecule has 7 heteroatoms. The zero-order valence-corrected chi connectivity index (χ0v) is 15.4. The van der Waals surface area contributed by atoms with Gasteiger partial charge in [0.25, 0.3) is 0 Å². The Hall–Kier alpha value is -2.40. The lowest BCUT2D eigenvalue weighted by molar-refractivity contribution is 0.167. The summed E-state index contributed by atoms with van der Waals surface area (Å²) >= 11 is 0. The van der Waals surface area contributed by atoms with Crippen LogP contribution in [-0.2, 0) is 13.6 Å². The molecule has 3 rings (SSSR count). The molecule has 136 valence electrons. The topological polar surface area (TPSA) is 75.0 Å². The zero-order chi connectivity index (χ0) is 18.6. The van der Waals surface area contributed by atoms with Crippen LogP contribution >= 0.6 is 7.82 Å². The number of benzene rings is 2. The summed E-state index contributed by atoms with van der Waals surface area (Å²) in [5.74, 6) is 0.688. The summed E-state index contributed by atoms with van der Waals surface area (Å²) in [6.07, 6.45) is 0. The Labute approximate surface area is 150 Å². The third kappa shape index (κ3) is 4.05. The van der Waals surface area contributed by atoms with E-state index < -0.39 is 7.82 Å². The fourth-order valence-electron chi connectivity index (χ4n) is 2.47. The minimum atomic E-state index is -3.72. The van der Waals surface area contributed by atoms with Crippen LogP contribution in [0.3, 0.4) is 0 Å². The molecule has 0 aliphatic rings. The summed E-state index contributed by atoms with van der Waals surface area (Å²) in [5.41, 5.74) is 0.994. The van der Waals surface area contributed by atoms with Crippen molar-refractivity contribution in [3.8, 4) is 17.1 Å². The third-order valence-corrected chi connectivity index (χ3v) is 5.13. The Kier molecular flexibility index (Phi) is 5.57. The van der Waals surface area contributed by atoms with Crippen molar-refractivity contribution < 1.29 is 22.6 Å². The van der Waals surface area contributed by atoms with Crippen LogP contribution in [0.5, 0.6) is 5.75 Å². The van der Waals surface area contributed by atoms with Crippen molar-refractivity contribution in [2.45, 2.75) is 13.8 Å². The molecule has 1 aromatic heterocycles. The first kappa shape index (κ1) is 18.4. The van der Waals surface area contributed by atoms with E-state index in [4.69, 9.17) is 18.0 Å². The average Bonchev–Trinajstić information content (AvgIpc) is 2.63. The zero-order valence-electron chi connectivity index (χ0n) is 14.5. The van der Waals surface area contributed by atoms with E-state index in [1.54, 1.807) is 26.0 Å². The van der Waals surface area contributed by atoms with Crippen molar-refractivity contribution >= 4 is 18.8 Å². The quantitative estimate of drug-likeness (QED) is 0.541. The van der Waals surface area contributed by atoms with Crippen LogP contribution in [0.25, 0.3) is 22.3 Å². The van der Waals surface area contributed by atoms with Crippen LogP contribution in [0.1, 0.15) is 13.8 Å². The van der Waals surface area contributed by atoms with Gasteiger partial charge in [-0.3, -0.25) is 13.8 Å². The highest BCUT2D eigenvalue weighted by Gasteiger charge is 2.27. The van der Waals surface area contributed by atoms with Gasteiger partial charge in [0.1, 0.15) is 17.1 Å². The molecule has 0 unspecified atom stereocenters. The molecule has 2 aromatic carbocycles. The molecule has 0 fully saturated rings. The number of hydrogen-bond acceptors (Lipinski definition) is 6. The molecule has 0 aliphatic heterocycles. The van der Waals surface area contributed by atoms with Crippen LogP contribution in [0.4, 0.5) is 0 Å². The van der Waals surface area contributed by atoms with Gasteiger partial charge >= 0.3 is 7.82 Å². The summed E-state index contributed by atoms with van der Waals surface area (Å²) < 4.78 is 33.9. The number of rotatable bonds is 7. The normalized spacial score (nSPS) is 11.6. The molecule has 0 radical (unpaired) electrons. The molecule has 0 saturated carbocycles. The highest BCUT2D eigenvalue weighted by Crippen LogP contribution is 2.49. The first-order valence-electron chi connectivity index (χ1n) is 8.26. The van der Waals surface area contributed by atoms with Gasteiger partial charge in [-0.05, 0) is 32.0 Å². The lowest BCUT2D eigenvalue weighted by atomic mass is 10.1. The summed E-state index contributed by atoms with van der Waals surface area (Å²) in [6, 6.07) is 15.4. The fraction of sp³-hybridized carbons (Fsp3) is 0.211. The fourth-order valence-corrected chi connectivity index (χ4v) is 3.66. The molecule has 0 bridgehead atoms. The van der Waals surface area contributed by atoms with Gasteiger partial charge in [0.05, 0.1) is 18.6 Å². The first-order chi connectivity index (χ1) is 12.5. The van der Waals surface area contributed by atoms with Gasteiger partial charge in [-0.2, -0.15) is 0 Å². The molecule has 0 saturated heterocycles. The van der Waals surface area contributed by atoms with Crippen molar-refractivity contribution in [2.75, 3.05) is 13.2 Å². The summed E-state index contributed by atoms with van der Waals surface area (Å²) in [7, 11) is -3.72. The van der Waals surface area contributed by atoms with E-state index in [0.717, 1.165) is 5.56 Å². The molecule has 26 heavy (non-hydrogen) atoms. The maximum absolute atomic E-state index is 12.5. The van der Waals surface area contributed by atoms with E-state index in [0.29, 0.717) is 16.7 Å². The number of phosphoric ester groups is 1. The van der Waals surface area contributed by atoms with Crippen molar-refractivity contribution in [1.29, 1.82) is 0 Å². The standard InChI is InChI=1S/C19H19O6P/c1-3-22-26(21,23-4-2)25-15-10-11-18-16(12-15)17(20)13-19(24-18)14-8-6-5-7-9-14/h5-13H,3-4H2,1-2H3. The van der Waals surface area contributed by atoms with Crippen molar-refractivity contribution in [3.05, 3.63) is 64.8 Å². The maximum atomic E-state index is 12.5. The minimum absolute atomic E-state index is 0.174. The second-order valence-electron chi connectivity index (χ2n) is 5.37. The van der Waals surface area contributed by atoms with Crippen molar-refractivity contribution in [1.82, 2.24) is 0 Å². The van der Waals surface area contributed by atoms with Gasteiger partial charge < -0.3 is 8.94 Å². The number of fused-ring (bicyclic) bond motifs is 1. The molecule has 6 nitrogen and oxygen atoms in total. The minimum Gasteiger partial charge on any atom is -0.456 e. The summed E-state index contributed by atoms with van der Waals surface area (Å²) in [6.45, 7) is 3.73. The van der Waals surface area contributed by atoms with Gasteiger partial charge in [0.15, 0.2) is 5.43 Å². The number of hydrogen-bond donors (Lipinski definition) is 0. The molecule has 0 spiro atoms. The molecule has 0 aliphatic carbocycles. The average molecular weight is 374 g/mol. The van der Waals surface area contributed by atoms with E-state index in [9.17, 15) is 9.36 Å². The monoisotopic (exact) mass is 374 g/mol. The van der Waals surface area contributed by atoms with Crippen molar-refractivity contribution in [3.63, 3.8) is 0 Å². The van der Waals surface area contributed by atoms with Gasteiger partial charge in [-0.1, -0.05) is 30.3 Å². The van der Waals surface area contributed by atoms with Gasteiger partial charge in [0.2, 0.25) is 0 Å². The maximum Gasteiger partial charge on any atom is 0.530 e. The summed E-state index contributed by atoms with van der Waals surface area (Å²) in [4.78, 5) is 12.5. The van der Waals surface area contributed by atoms with E-state index in [2.05, 4.69) is 0 Å². The molecule has 3 aromatic rings. The van der Waals surface area contributed by atoms with Crippen LogP contribution in [-0.4, -0.2) is 13.2 Å². The van der Waals surface area contributed by atoms with E-state index in [1.165, 1.54) is 12.1 Å². The smallest absolute Gasteiger partial charge is 0.456 e. The van der Waals surface area contributed by atoms with Gasteiger partial charge in [-0.25, -0.2) is 4.57 Å². The highest BCUT2D eigenvalue weighted by atomic mass is 31.2. The van der Waals surface area contributed by atoms with Crippen molar-refractivity contribution in [2.24, 2.45) is 0 Å². The third-order valence-electron chi connectivity index (χ3n) is 3.55. The number of phosphoric acid groups is 1. The van der Waals surface area contributed by atoms with Gasteiger partial charge in [-0.15, -0.1) is 0 Å². The van der Waals surface area contributed by atoms with E-state index in [1.807, 2.05) is 30.3 Å². The van der Waals surface area contributed by atoms with Gasteiger partial charge in [0, 0.05) is 11.6 Å². The Balaban J connectivity index is 1.98. The molecular formula is C19H19O6P. The lowest BCUT2D eigenvalue weighted by Gasteiger charge is -2.17. The Morgan fingerprint density at radius 2 is 1.65 bits per heavy atom. The lowest BCUT2D eigenvalue weighted by Crippen LogP contribution is -2.04. The van der Waals surface area contributed by atoms with Crippen LogP contribution in [0.2, 0.25) is 0 Å².